The van der Waals surface area contributed by atoms with E-state index < -0.39 is 11.6 Å². The van der Waals surface area contributed by atoms with Crippen LogP contribution in [-0.2, 0) is 25.6 Å². The van der Waals surface area contributed by atoms with E-state index in [1.54, 1.807) is 19.1 Å². The zero-order valence-electron chi connectivity index (χ0n) is 22.5. The molecule has 1 aromatic rings. The van der Waals surface area contributed by atoms with Crippen molar-refractivity contribution in [2.75, 3.05) is 19.7 Å². The monoisotopic (exact) mass is 512 g/mol. The van der Waals surface area contributed by atoms with Crippen LogP contribution in [0, 0.1) is 11.7 Å². The lowest BCUT2D eigenvalue weighted by atomic mass is 9.81. The topological polar surface area (TPSA) is 79.3 Å². The van der Waals surface area contributed by atoms with Gasteiger partial charge in [0.15, 0.2) is 6.61 Å². The average molecular weight is 513 g/mol. The van der Waals surface area contributed by atoms with Crippen molar-refractivity contribution in [2.45, 2.75) is 72.2 Å². The molecule has 1 amide bonds. The van der Waals surface area contributed by atoms with E-state index in [4.69, 9.17) is 9.47 Å². The molecule has 4 atom stereocenters. The molecule has 7 nitrogen and oxygen atoms in total. The summed E-state index contributed by atoms with van der Waals surface area (Å²) in [4.78, 5) is 29.1. The summed E-state index contributed by atoms with van der Waals surface area (Å²) in [6.45, 7) is 13.5. The van der Waals surface area contributed by atoms with Crippen LogP contribution >= 0.6 is 0 Å². The van der Waals surface area contributed by atoms with Crippen molar-refractivity contribution in [3.63, 3.8) is 0 Å². The van der Waals surface area contributed by atoms with Gasteiger partial charge in [-0.25, -0.2) is 9.18 Å². The Morgan fingerprint density at radius 2 is 1.78 bits per heavy atom. The van der Waals surface area contributed by atoms with Crippen LogP contribution in [0.5, 0.6) is 0 Å². The van der Waals surface area contributed by atoms with E-state index in [1.165, 1.54) is 12.1 Å². The van der Waals surface area contributed by atoms with Crippen LogP contribution in [0.3, 0.4) is 0 Å². The van der Waals surface area contributed by atoms with E-state index in [-0.39, 0.29) is 42.8 Å². The predicted molar refractivity (Wildman–Crippen MR) is 138 cm³/mol. The maximum absolute atomic E-state index is 13.3. The number of halogens is 1. The maximum Gasteiger partial charge on any atom is 0.348 e. The third kappa shape index (κ3) is 5.30. The smallest absolute Gasteiger partial charge is 0.348 e. The van der Waals surface area contributed by atoms with E-state index in [9.17, 15) is 19.1 Å². The molecule has 0 saturated carbocycles. The SMILES string of the molecule is CC1=C2OC(C)(C(=O)O)CC=C2C(C)C(OCC(=O)N2C[C@H](C)N(Cc3ccc(F)cc3)C[C@H]2C)=C1C. The number of nitrogens with zero attached hydrogens (tertiary/aromatic N) is 2. The summed E-state index contributed by atoms with van der Waals surface area (Å²) in [5, 5.41) is 9.59. The predicted octanol–water partition coefficient (Wildman–Crippen LogP) is 4.65. The van der Waals surface area contributed by atoms with Crippen molar-refractivity contribution < 1.29 is 28.6 Å². The standard InChI is InChI=1S/C29H37FN2O5/c1-17-14-32(18(2)13-31(17)15-22-7-9-23(30)10-8-22)25(33)16-36-26-19(3)20(4)27-24(21(26)5)11-12-29(6,37-27)28(34)35/h7-11,17-18,21H,12-16H2,1-6H3,(H,34,35)/t17-,18+,21?,29?/m0/s1. The molecule has 0 aromatic heterocycles. The van der Waals surface area contributed by atoms with Crippen molar-refractivity contribution in [3.05, 3.63) is 70.0 Å². The number of aliphatic carboxylic acids is 1. The normalized spacial score (nSPS) is 28.5. The van der Waals surface area contributed by atoms with Gasteiger partial charge in [-0.05, 0) is 63.5 Å². The third-order valence-corrected chi connectivity index (χ3v) is 7.97. The molecule has 2 unspecified atom stereocenters. The number of rotatable bonds is 6. The van der Waals surface area contributed by atoms with Crippen LogP contribution in [-0.4, -0.2) is 64.2 Å². The van der Waals surface area contributed by atoms with Gasteiger partial charge < -0.3 is 19.5 Å². The second kappa shape index (κ2) is 10.3. The zero-order chi connectivity index (χ0) is 27.1. The van der Waals surface area contributed by atoms with Gasteiger partial charge in [0.2, 0.25) is 5.60 Å². The number of carbonyl (C=O) groups is 2. The van der Waals surface area contributed by atoms with Crippen molar-refractivity contribution >= 4 is 11.9 Å². The molecule has 0 bridgehead atoms. The van der Waals surface area contributed by atoms with E-state index >= 15 is 0 Å². The largest absolute Gasteiger partial charge is 0.487 e. The lowest BCUT2D eigenvalue weighted by Gasteiger charge is -2.44. The number of amides is 1. The Bertz CT molecular complexity index is 1170. The summed E-state index contributed by atoms with van der Waals surface area (Å²) in [5.74, 6) is -0.127. The number of piperazine rings is 1. The summed E-state index contributed by atoms with van der Waals surface area (Å²) in [7, 11) is 0. The molecule has 1 saturated heterocycles. The number of carboxylic acid groups (broad SMARTS) is 1. The minimum Gasteiger partial charge on any atom is -0.487 e. The highest BCUT2D eigenvalue weighted by Crippen LogP contribution is 2.44. The van der Waals surface area contributed by atoms with Gasteiger partial charge in [0.25, 0.3) is 5.91 Å². The molecule has 37 heavy (non-hydrogen) atoms. The molecule has 3 aliphatic rings. The number of allylic oxidation sites excluding steroid dienone is 4. The van der Waals surface area contributed by atoms with E-state index in [1.807, 2.05) is 38.7 Å². The van der Waals surface area contributed by atoms with Gasteiger partial charge >= 0.3 is 5.97 Å². The van der Waals surface area contributed by atoms with E-state index in [2.05, 4.69) is 11.8 Å². The van der Waals surface area contributed by atoms with Gasteiger partial charge in [-0.15, -0.1) is 0 Å². The summed E-state index contributed by atoms with van der Waals surface area (Å²) in [6.07, 6.45) is 2.19. The summed E-state index contributed by atoms with van der Waals surface area (Å²) >= 11 is 0. The number of fused-ring (bicyclic) bond motifs is 1. The van der Waals surface area contributed by atoms with Gasteiger partial charge in [-0.2, -0.15) is 0 Å². The lowest BCUT2D eigenvalue weighted by molar-refractivity contribution is -0.159. The van der Waals surface area contributed by atoms with Gasteiger partial charge in [0, 0.05) is 49.6 Å². The molecule has 1 aliphatic carbocycles. The maximum atomic E-state index is 13.3. The van der Waals surface area contributed by atoms with Crippen molar-refractivity contribution in [2.24, 2.45) is 5.92 Å². The fraction of sp³-hybridized carbons (Fsp3) is 0.517. The first kappa shape index (κ1) is 26.9. The molecular weight excluding hydrogens is 475 g/mol. The lowest BCUT2D eigenvalue weighted by Crippen LogP contribution is -2.58. The Labute approximate surface area is 218 Å². The number of benzene rings is 1. The minimum absolute atomic E-state index is 0.0167. The molecule has 8 heteroatoms. The van der Waals surface area contributed by atoms with E-state index in [0.717, 1.165) is 34.6 Å². The van der Waals surface area contributed by atoms with E-state index in [0.29, 0.717) is 18.8 Å². The Balaban J connectivity index is 1.41. The molecule has 1 N–H and O–H groups in total. The van der Waals surface area contributed by atoms with Gasteiger partial charge in [0.1, 0.15) is 17.3 Å². The summed E-state index contributed by atoms with van der Waals surface area (Å²) in [6, 6.07) is 6.73. The fourth-order valence-electron chi connectivity index (χ4n) is 5.39. The van der Waals surface area contributed by atoms with Crippen molar-refractivity contribution in [1.29, 1.82) is 0 Å². The molecule has 2 aliphatic heterocycles. The Kier molecular flexibility index (Phi) is 7.51. The minimum atomic E-state index is -1.29. The molecule has 1 aromatic carbocycles. The highest BCUT2D eigenvalue weighted by molar-refractivity contribution is 5.79. The summed E-state index contributed by atoms with van der Waals surface area (Å²) < 4.78 is 25.4. The molecule has 4 rings (SSSR count). The fourth-order valence-corrected chi connectivity index (χ4v) is 5.39. The number of hydrogen-bond acceptors (Lipinski definition) is 5. The first-order chi connectivity index (χ1) is 17.4. The highest BCUT2D eigenvalue weighted by Gasteiger charge is 2.43. The first-order valence-electron chi connectivity index (χ1n) is 12.9. The van der Waals surface area contributed by atoms with Gasteiger partial charge in [-0.1, -0.05) is 25.1 Å². The molecule has 200 valence electrons. The molecule has 2 heterocycles. The van der Waals surface area contributed by atoms with Crippen LogP contribution in [0.1, 0.15) is 53.5 Å². The Hall–Kier alpha value is -3.13. The van der Waals surface area contributed by atoms with Gasteiger partial charge in [0.05, 0.1) is 0 Å². The Morgan fingerprint density at radius 1 is 1.11 bits per heavy atom. The summed E-state index contributed by atoms with van der Waals surface area (Å²) in [5.41, 5.74) is 2.36. The Morgan fingerprint density at radius 3 is 2.43 bits per heavy atom. The molecule has 1 fully saturated rings. The number of ether oxygens (including phenoxy) is 2. The van der Waals surface area contributed by atoms with Crippen LogP contribution in [0.25, 0.3) is 0 Å². The highest BCUT2D eigenvalue weighted by atomic mass is 19.1. The first-order valence-corrected chi connectivity index (χ1v) is 12.9. The van der Waals surface area contributed by atoms with Crippen LogP contribution in [0.15, 0.2) is 58.6 Å². The zero-order valence-corrected chi connectivity index (χ0v) is 22.5. The number of carboxylic acids is 1. The molecular formula is C29H37FN2O5. The molecule has 0 radical (unpaired) electrons. The van der Waals surface area contributed by atoms with Crippen LogP contribution in [0.2, 0.25) is 0 Å². The second-order valence-electron chi connectivity index (χ2n) is 10.8. The van der Waals surface area contributed by atoms with Crippen molar-refractivity contribution in [1.82, 2.24) is 9.80 Å². The van der Waals surface area contributed by atoms with Crippen molar-refractivity contribution in [3.8, 4) is 0 Å². The average Bonchev–Trinajstić information content (AvgIpc) is 2.85. The number of hydrogen-bond donors (Lipinski definition) is 1. The second-order valence-corrected chi connectivity index (χ2v) is 10.8. The van der Waals surface area contributed by atoms with Crippen LogP contribution < -0.4 is 0 Å². The molecule has 0 spiro atoms. The number of carbonyl (C=O) groups excluding carboxylic acids is 1. The quantitative estimate of drug-likeness (QED) is 0.598. The third-order valence-electron chi connectivity index (χ3n) is 7.97. The van der Waals surface area contributed by atoms with Crippen LogP contribution in [0.4, 0.5) is 4.39 Å². The van der Waals surface area contributed by atoms with Gasteiger partial charge in [-0.3, -0.25) is 9.69 Å².